The maximum Gasteiger partial charge on any atom is 0.257 e. The number of carbonyl (C=O) groups excluding carboxylic acids is 1. The Kier molecular flexibility index (Phi) is 5.71. The Morgan fingerprint density at radius 3 is 2.38 bits per heavy atom. The van der Waals surface area contributed by atoms with Crippen LogP contribution in [0.25, 0.3) is 0 Å². The SMILES string of the molecule is COCCN1[C@H](C)CN(C(=O)c2cc(F)c(F)c(O)c2F)C[C@H]1C. The topological polar surface area (TPSA) is 53.0 Å². The molecule has 0 spiro atoms. The van der Waals surface area contributed by atoms with Crippen molar-refractivity contribution >= 4 is 5.91 Å². The summed E-state index contributed by atoms with van der Waals surface area (Å²) in [4.78, 5) is 16.0. The fraction of sp³-hybridized carbons (Fsp3) is 0.562. The molecule has 2 atom stereocenters. The third-order valence-corrected chi connectivity index (χ3v) is 4.31. The smallest absolute Gasteiger partial charge is 0.257 e. The van der Waals surface area contributed by atoms with Crippen LogP contribution in [0.3, 0.4) is 0 Å². The average Bonchev–Trinajstić information content (AvgIpc) is 2.54. The molecule has 24 heavy (non-hydrogen) atoms. The highest BCUT2D eigenvalue weighted by molar-refractivity contribution is 5.95. The van der Waals surface area contributed by atoms with Crippen LogP contribution in [0.4, 0.5) is 13.2 Å². The van der Waals surface area contributed by atoms with Gasteiger partial charge in [-0.05, 0) is 19.9 Å². The summed E-state index contributed by atoms with van der Waals surface area (Å²) in [5, 5.41) is 9.28. The highest BCUT2D eigenvalue weighted by Crippen LogP contribution is 2.27. The quantitative estimate of drug-likeness (QED) is 0.848. The Hall–Kier alpha value is -1.80. The Morgan fingerprint density at radius 2 is 1.83 bits per heavy atom. The maximum absolute atomic E-state index is 14.0. The Labute approximate surface area is 138 Å². The molecule has 0 saturated carbocycles. The first-order valence-electron chi connectivity index (χ1n) is 7.68. The standard InChI is InChI=1S/C16H21F3N2O3/c1-9-7-20(8-10(2)21(9)4-5-24-3)16(23)11-6-12(17)14(19)15(22)13(11)18/h6,9-10,22H,4-5,7-8H2,1-3H3/t9-,10-/m1/s1. The predicted octanol–water partition coefficient (Wildman–Crippen LogP) is 1.99. The fourth-order valence-electron chi connectivity index (χ4n) is 3.08. The highest BCUT2D eigenvalue weighted by Gasteiger charge is 2.34. The Bertz CT molecular complexity index is 615. The molecular weight excluding hydrogens is 325 g/mol. The summed E-state index contributed by atoms with van der Waals surface area (Å²) >= 11 is 0. The largest absolute Gasteiger partial charge is 0.503 e. The van der Waals surface area contributed by atoms with Crippen LogP contribution < -0.4 is 0 Å². The number of piperazine rings is 1. The molecule has 8 heteroatoms. The third-order valence-electron chi connectivity index (χ3n) is 4.31. The van der Waals surface area contributed by atoms with Crippen molar-refractivity contribution in [1.29, 1.82) is 0 Å². The van der Waals surface area contributed by atoms with Gasteiger partial charge >= 0.3 is 0 Å². The second-order valence-electron chi connectivity index (χ2n) is 6.02. The van der Waals surface area contributed by atoms with Gasteiger partial charge in [-0.2, -0.15) is 4.39 Å². The van der Waals surface area contributed by atoms with Gasteiger partial charge in [-0.25, -0.2) is 8.78 Å². The van der Waals surface area contributed by atoms with Crippen molar-refractivity contribution in [2.75, 3.05) is 33.4 Å². The lowest BCUT2D eigenvalue weighted by Gasteiger charge is -2.44. The van der Waals surface area contributed by atoms with Crippen molar-refractivity contribution in [3.8, 4) is 5.75 Å². The number of hydrogen-bond donors (Lipinski definition) is 1. The van der Waals surface area contributed by atoms with E-state index in [9.17, 15) is 23.1 Å². The summed E-state index contributed by atoms with van der Waals surface area (Å²) in [6, 6.07) is 0.476. The van der Waals surface area contributed by atoms with Gasteiger partial charge in [0.15, 0.2) is 17.4 Å². The summed E-state index contributed by atoms with van der Waals surface area (Å²) in [5.41, 5.74) is -0.670. The number of phenols is 1. The normalized spacial score (nSPS) is 22.0. The second kappa shape index (κ2) is 7.40. The third kappa shape index (κ3) is 3.49. The van der Waals surface area contributed by atoms with Crippen molar-refractivity contribution in [2.24, 2.45) is 0 Å². The van der Waals surface area contributed by atoms with E-state index < -0.39 is 34.7 Å². The monoisotopic (exact) mass is 346 g/mol. The van der Waals surface area contributed by atoms with E-state index >= 15 is 0 Å². The molecule has 1 amide bonds. The zero-order valence-corrected chi connectivity index (χ0v) is 13.9. The van der Waals surface area contributed by atoms with E-state index in [4.69, 9.17) is 4.74 Å². The van der Waals surface area contributed by atoms with Gasteiger partial charge in [0.1, 0.15) is 0 Å². The lowest BCUT2D eigenvalue weighted by molar-refractivity contribution is 0.0190. The van der Waals surface area contributed by atoms with E-state index in [0.717, 1.165) is 0 Å². The van der Waals surface area contributed by atoms with E-state index in [2.05, 4.69) is 4.90 Å². The number of ether oxygens (including phenoxy) is 1. The van der Waals surface area contributed by atoms with Crippen LogP contribution in [0.15, 0.2) is 6.07 Å². The van der Waals surface area contributed by atoms with E-state index in [1.807, 2.05) is 13.8 Å². The maximum atomic E-state index is 14.0. The molecule has 0 unspecified atom stereocenters. The van der Waals surface area contributed by atoms with Crippen molar-refractivity contribution in [3.63, 3.8) is 0 Å². The number of carbonyl (C=O) groups is 1. The van der Waals surface area contributed by atoms with Crippen LogP contribution in [0.5, 0.6) is 5.75 Å². The molecule has 1 heterocycles. The van der Waals surface area contributed by atoms with Gasteiger partial charge in [-0.15, -0.1) is 0 Å². The number of hydrogen-bond acceptors (Lipinski definition) is 4. The minimum Gasteiger partial charge on any atom is -0.503 e. The molecule has 0 aromatic heterocycles. The van der Waals surface area contributed by atoms with Gasteiger partial charge in [-0.3, -0.25) is 9.69 Å². The van der Waals surface area contributed by atoms with Gasteiger partial charge in [0.05, 0.1) is 12.2 Å². The minimum atomic E-state index is -1.70. The number of aromatic hydroxyl groups is 1. The zero-order chi connectivity index (χ0) is 18.0. The molecule has 0 aliphatic carbocycles. The number of benzene rings is 1. The Morgan fingerprint density at radius 1 is 1.25 bits per heavy atom. The first kappa shape index (κ1) is 18.5. The van der Waals surface area contributed by atoms with Gasteiger partial charge in [0.25, 0.3) is 5.91 Å². The molecule has 1 saturated heterocycles. The van der Waals surface area contributed by atoms with Gasteiger partial charge in [0, 0.05) is 38.8 Å². The summed E-state index contributed by atoms with van der Waals surface area (Å²) in [7, 11) is 1.60. The number of rotatable bonds is 4. The van der Waals surface area contributed by atoms with E-state index in [1.165, 1.54) is 4.90 Å². The summed E-state index contributed by atoms with van der Waals surface area (Å²) in [6.45, 7) is 5.71. The molecule has 1 aliphatic heterocycles. The number of amides is 1. The molecule has 1 aliphatic rings. The Balaban J connectivity index is 2.20. The van der Waals surface area contributed by atoms with Crippen molar-refractivity contribution < 1.29 is 27.8 Å². The van der Waals surface area contributed by atoms with Gasteiger partial charge in [0.2, 0.25) is 5.82 Å². The lowest BCUT2D eigenvalue weighted by atomic mass is 10.1. The first-order chi connectivity index (χ1) is 11.3. The van der Waals surface area contributed by atoms with Gasteiger partial charge < -0.3 is 14.7 Å². The molecule has 5 nitrogen and oxygen atoms in total. The number of halogens is 3. The van der Waals surface area contributed by atoms with Crippen molar-refractivity contribution in [1.82, 2.24) is 9.80 Å². The minimum absolute atomic E-state index is 0.00481. The molecule has 1 fully saturated rings. The number of methoxy groups -OCH3 is 1. The van der Waals surface area contributed by atoms with Crippen LogP contribution in [0.1, 0.15) is 24.2 Å². The molecule has 2 rings (SSSR count). The molecule has 1 aromatic carbocycles. The van der Waals surface area contributed by atoms with Crippen molar-refractivity contribution in [3.05, 3.63) is 29.1 Å². The van der Waals surface area contributed by atoms with Crippen LogP contribution in [-0.2, 0) is 4.74 Å². The highest BCUT2D eigenvalue weighted by atomic mass is 19.2. The molecule has 134 valence electrons. The lowest BCUT2D eigenvalue weighted by Crippen LogP contribution is -2.58. The second-order valence-corrected chi connectivity index (χ2v) is 6.02. The predicted molar refractivity (Wildman–Crippen MR) is 81.4 cm³/mol. The average molecular weight is 346 g/mol. The summed E-state index contributed by atoms with van der Waals surface area (Å²) in [5.74, 6) is -6.85. The zero-order valence-electron chi connectivity index (χ0n) is 13.9. The molecule has 1 aromatic rings. The number of phenolic OH excluding ortho intramolecular Hbond substituents is 1. The van der Waals surface area contributed by atoms with Crippen LogP contribution in [0.2, 0.25) is 0 Å². The van der Waals surface area contributed by atoms with E-state index in [0.29, 0.717) is 32.3 Å². The summed E-state index contributed by atoms with van der Waals surface area (Å²) in [6.07, 6.45) is 0. The molecule has 0 radical (unpaired) electrons. The first-order valence-corrected chi connectivity index (χ1v) is 7.68. The fourth-order valence-corrected chi connectivity index (χ4v) is 3.08. The van der Waals surface area contributed by atoms with Gasteiger partial charge in [-0.1, -0.05) is 0 Å². The van der Waals surface area contributed by atoms with Crippen molar-refractivity contribution in [2.45, 2.75) is 25.9 Å². The van der Waals surface area contributed by atoms with Crippen LogP contribution in [-0.4, -0.2) is 66.2 Å². The van der Waals surface area contributed by atoms with Crippen LogP contribution >= 0.6 is 0 Å². The summed E-state index contributed by atoms with van der Waals surface area (Å²) < 4.78 is 45.6. The molecule has 0 bridgehead atoms. The molecular formula is C16H21F3N2O3. The van der Waals surface area contributed by atoms with Crippen LogP contribution in [0, 0.1) is 17.5 Å². The molecule has 1 N–H and O–H groups in total. The van der Waals surface area contributed by atoms with E-state index in [1.54, 1.807) is 7.11 Å². The van der Waals surface area contributed by atoms with E-state index in [-0.39, 0.29) is 12.1 Å². The number of nitrogens with zero attached hydrogens (tertiary/aromatic N) is 2.